The van der Waals surface area contributed by atoms with Crippen LogP contribution in [0.15, 0.2) is 95.1 Å². The molecule has 1 N–H and O–H groups in total. The predicted molar refractivity (Wildman–Crippen MR) is 286 cm³/mol. The lowest BCUT2D eigenvalue weighted by atomic mass is 10.0. The Labute approximate surface area is 426 Å². The molecule has 0 bridgehead atoms. The number of aliphatic imine (C=N–C) groups is 1. The number of amides is 2. The van der Waals surface area contributed by atoms with Crippen LogP contribution in [-0.4, -0.2) is 121 Å². The summed E-state index contributed by atoms with van der Waals surface area (Å²) in [5, 5.41) is 3.61. The zero-order valence-corrected chi connectivity index (χ0v) is 43.6. The Kier molecular flexibility index (Phi) is 17.6. The van der Waals surface area contributed by atoms with E-state index in [0.29, 0.717) is 80.4 Å². The second-order valence-corrected chi connectivity index (χ2v) is 21.7. The Bertz CT molecular complexity index is 2620. The van der Waals surface area contributed by atoms with Gasteiger partial charge in [-0.2, -0.15) is 0 Å². The summed E-state index contributed by atoms with van der Waals surface area (Å²) in [4.78, 5) is 37.3. The number of hydrogen-bond donors (Lipinski definition) is 1. The van der Waals surface area contributed by atoms with Crippen LogP contribution < -0.4 is 34.1 Å². The monoisotopic (exact) mass is 1010 g/mol. The van der Waals surface area contributed by atoms with Crippen LogP contribution in [-0.2, 0) is 38.6 Å². The molecule has 71 heavy (non-hydrogen) atoms. The SMILES string of the molecule is COCCOCCOCCN(CC(C)(C)SSC)c1cc(COc2cc3c(cc2OC)C(=O)N2C4=C(CCC=C4)C[C@H]2C=N3)cc(COc2cc(NCC3Cc4ccccc4N3C=O)c(C)cc2OC)c1. The van der Waals surface area contributed by atoms with Crippen molar-refractivity contribution in [2.75, 3.05) is 95.4 Å². The van der Waals surface area contributed by atoms with E-state index in [9.17, 15) is 9.59 Å². The maximum atomic E-state index is 14.2. The summed E-state index contributed by atoms with van der Waals surface area (Å²) in [7, 11) is 8.48. The highest BCUT2D eigenvalue weighted by atomic mass is 33.1. The van der Waals surface area contributed by atoms with Crippen LogP contribution in [0.25, 0.3) is 0 Å². The summed E-state index contributed by atoms with van der Waals surface area (Å²) in [6.45, 7) is 11.4. The Morgan fingerprint density at radius 2 is 1.59 bits per heavy atom. The average molecular weight is 1010 g/mol. The maximum Gasteiger partial charge on any atom is 0.261 e. The van der Waals surface area contributed by atoms with Gasteiger partial charge in [-0.05, 0) is 123 Å². The van der Waals surface area contributed by atoms with Crippen molar-refractivity contribution in [3.05, 3.63) is 118 Å². The van der Waals surface area contributed by atoms with Crippen LogP contribution in [0.1, 0.15) is 65.7 Å². The number of methoxy groups -OCH3 is 3. The van der Waals surface area contributed by atoms with Crippen molar-refractivity contribution in [2.45, 2.75) is 76.5 Å². The molecule has 8 rings (SSSR count). The van der Waals surface area contributed by atoms with Gasteiger partial charge in [0.2, 0.25) is 6.41 Å². The van der Waals surface area contributed by atoms with E-state index >= 15 is 0 Å². The molecule has 0 spiro atoms. The summed E-state index contributed by atoms with van der Waals surface area (Å²) in [5.41, 5.74) is 10.1. The van der Waals surface area contributed by atoms with Crippen molar-refractivity contribution in [1.82, 2.24) is 4.90 Å². The average Bonchev–Trinajstić information content (AvgIpc) is 3.90. The quantitative estimate of drug-likeness (QED) is 0.0364. The summed E-state index contributed by atoms with van der Waals surface area (Å²) >= 11 is 0. The number of carbonyl (C=O) groups excluding carboxylic acids is 2. The van der Waals surface area contributed by atoms with Gasteiger partial charge >= 0.3 is 0 Å². The minimum atomic E-state index is -0.129. The van der Waals surface area contributed by atoms with Gasteiger partial charge in [0.05, 0.1) is 70.6 Å². The number of ether oxygens (including phenoxy) is 7. The smallest absolute Gasteiger partial charge is 0.261 e. The van der Waals surface area contributed by atoms with Crippen molar-refractivity contribution in [2.24, 2.45) is 4.99 Å². The van der Waals surface area contributed by atoms with E-state index in [1.165, 1.54) is 5.57 Å². The van der Waals surface area contributed by atoms with E-state index in [2.05, 4.69) is 66.7 Å². The molecule has 0 fully saturated rings. The van der Waals surface area contributed by atoms with E-state index in [0.717, 1.165) is 83.7 Å². The number of fused-ring (bicyclic) bond motifs is 4. The predicted octanol–water partition coefficient (Wildman–Crippen LogP) is 9.98. The van der Waals surface area contributed by atoms with Gasteiger partial charge in [0.25, 0.3) is 5.91 Å². The molecule has 16 heteroatoms. The molecular formula is C55H67N5O9S2. The van der Waals surface area contributed by atoms with Gasteiger partial charge in [0.15, 0.2) is 23.0 Å². The molecule has 4 aliphatic rings. The number of nitrogens with zero attached hydrogens (tertiary/aromatic N) is 4. The van der Waals surface area contributed by atoms with Gasteiger partial charge < -0.3 is 48.3 Å². The lowest BCUT2D eigenvalue weighted by Crippen LogP contribution is -2.38. The van der Waals surface area contributed by atoms with Gasteiger partial charge in [0, 0.05) is 72.6 Å². The molecule has 1 aliphatic carbocycles. The number of hydrogen-bond acceptors (Lipinski definition) is 14. The standard InChI is InChI=1S/C55H67N5O9S2/c1-37-22-50(64-5)52(29-46(37)56-31-43-26-40-12-8-10-14-48(40)59(43)36-61)68-33-38-23-39(25-42(24-38)58(35-55(2,3)71-70-7)16-17-66-20-21-67-19-18-63-4)34-69-53-30-47-45(28-51(53)65-6)54(62)60-44(32-57-47)27-41-13-9-11-15-49(41)60/h8,10-12,14-15,22-25,28-30,32,36,43-44,56H,9,13,16-21,26-27,31,33-35H2,1-7H3/t43?,44-/m0/s1. The number of para-hydroxylation sites is 1. The van der Waals surface area contributed by atoms with Crippen LogP contribution in [0.3, 0.4) is 0 Å². The second kappa shape index (κ2) is 24.2. The van der Waals surface area contributed by atoms with E-state index in [1.807, 2.05) is 70.1 Å². The van der Waals surface area contributed by atoms with Crippen LogP contribution in [0.5, 0.6) is 23.0 Å². The van der Waals surface area contributed by atoms with Crippen molar-refractivity contribution >= 4 is 62.9 Å². The van der Waals surface area contributed by atoms with Crippen LogP contribution in [0, 0.1) is 6.92 Å². The van der Waals surface area contributed by atoms with E-state index in [4.69, 9.17) is 38.2 Å². The summed E-state index contributed by atoms with van der Waals surface area (Å²) < 4.78 is 41.8. The molecule has 1 unspecified atom stereocenters. The fourth-order valence-electron chi connectivity index (χ4n) is 9.67. The summed E-state index contributed by atoms with van der Waals surface area (Å²) in [6.07, 6.45) is 12.6. The summed E-state index contributed by atoms with van der Waals surface area (Å²) in [5.74, 6) is 2.03. The van der Waals surface area contributed by atoms with Crippen molar-refractivity contribution in [3.63, 3.8) is 0 Å². The molecule has 0 saturated carbocycles. The first-order valence-electron chi connectivity index (χ1n) is 24.2. The second-order valence-electron chi connectivity index (χ2n) is 18.6. The van der Waals surface area contributed by atoms with Gasteiger partial charge in [-0.15, -0.1) is 0 Å². The van der Waals surface area contributed by atoms with Gasteiger partial charge in [0.1, 0.15) is 13.2 Å². The first-order chi connectivity index (χ1) is 34.5. The Balaban J connectivity index is 1.06. The zero-order chi connectivity index (χ0) is 49.9. The highest BCUT2D eigenvalue weighted by Crippen LogP contribution is 2.43. The molecule has 3 aliphatic heterocycles. The number of allylic oxidation sites excluding steroid dienone is 2. The van der Waals surface area contributed by atoms with Crippen LogP contribution >= 0.6 is 21.6 Å². The fraction of sp³-hybridized carbons (Fsp3) is 0.436. The summed E-state index contributed by atoms with van der Waals surface area (Å²) in [6, 6.07) is 21.8. The van der Waals surface area contributed by atoms with E-state index < -0.39 is 0 Å². The molecule has 378 valence electrons. The Morgan fingerprint density at radius 1 is 0.873 bits per heavy atom. The number of carbonyl (C=O) groups is 2. The Hall–Kier alpha value is -5.65. The zero-order valence-electron chi connectivity index (χ0n) is 42.0. The van der Waals surface area contributed by atoms with Gasteiger partial charge in [-0.3, -0.25) is 19.5 Å². The molecule has 4 aromatic rings. The number of rotatable bonds is 26. The molecular weight excluding hydrogens is 939 g/mol. The highest BCUT2D eigenvalue weighted by Gasteiger charge is 2.38. The molecule has 2 atom stereocenters. The topological polar surface area (TPSA) is 133 Å². The number of nitrogens with one attached hydrogen (secondary N) is 1. The van der Waals surface area contributed by atoms with Gasteiger partial charge in [-0.1, -0.05) is 45.9 Å². The molecule has 2 amide bonds. The molecule has 0 radical (unpaired) electrons. The number of benzene rings is 4. The molecule has 4 aromatic carbocycles. The molecule has 0 aromatic heterocycles. The van der Waals surface area contributed by atoms with E-state index in [1.54, 1.807) is 38.2 Å². The third-order valence-electron chi connectivity index (χ3n) is 13.1. The fourth-order valence-corrected chi connectivity index (χ4v) is 11.8. The minimum absolute atomic E-state index is 0.0278. The van der Waals surface area contributed by atoms with Gasteiger partial charge in [-0.25, -0.2) is 0 Å². The first kappa shape index (κ1) is 51.7. The molecule has 3 heterocycles. The lowest BCUT2D eigenvalue weighted by molar-refractivity contribution is -0.107. The first-order valence-corrected chi connectivity index (χ1v) is 26.8. The number of aryl methyl sites for hydroxylation is 1. The Morgan fingerprint density at radius 3 is 2.32 bits per heavy atom. The largest absolute Gasteiger partial charge is 0.493 e. The minimum Gasteiger partial charge on any atom is -0.493 e. The third-order valence-corrected chi connectivity index (χ3v) is 15.7. The van der Waals surface area contributed by atoms with Crippen molar-refractivity contribution in [1.29, 1.82) is 0 Å². The molecule has 14 nitrogen and oxygen atoms in total. The lowest BCUT2D eigenvalue weighted by Gasteiger charge is -2.34. The normalized spacial score (nSPS) is 16.9. The van der Waals surface area contributed by atoms with Crippen molar-refractivity contribution < 1.29 is 42.7 Å². The van der Waals surface area contributed by atoms with Crippen molar-refractivity contribution in [3.8, 4) is 23.0 Å². The van der Waals surface area contributed by atoms with Crippen LogP contribution in [0.4, 0.5) is 22.7 Å². The third kappa shape index (κ3) is 12.5. The van der Waals surface area contributed by atoms with Crippen LogP contribution in [0.2, 0.25) is 0 Å². The highest BCUT2D eigenvalue weighted by molar-refractivity contribution is 8.77. The van der Waals surface area contributed by atoms with E-state index in [-0.39, 0.29) is 36.0 Å². The maximum absolute atomic E-state index is 14.2. The number of anilines is 3. The molecule has 0 saturated heterocycles.